The van der Waals surface area contributed by atoms with Crippen LogP contribution in [0.25, 0.3) is 0 Å². The van der Waals surface area contributed by atoms with Crippen molar-refractivity contribution in [2.24, 2.45) is 0 Å². The Hall–Kier alpha value is -2.28. The Morgan fingerprint density at radius 1 is 1.28 bits per heavy atom. The van der Waals surface area contributed by atoms with Gasteiger partial charge in [-0.05, 0) is 32.5 Å². The van der Waals surface area contributed by atoms with E-state index in [1.165, 1.54) is 4.90 Å². The number of benzene rings is 1. The van der Waals surface area contributed by atoms with Crippen LogP contribution in [0.3, 0.4) is 0 Å². The van der Waals surface area contributed by atoms with Crippen LogP contribution in [0.2, 0.25) is 0 Å². The summed E-state index contributed by atoms with van der Waals surface area (Å²) in [6, 6.07) is 7.30. The van der Waals surface area contributed by atoms with Crippen molar-refractivity contribution in [3.63, 3.8) is 0 Å². The molecule has 1 saturated heterocycles. The number of carbonyl (C=O) groups excluding carboxylic acids is 2. The van der Waals surface area contributed by atoms with Crippen LogP contribution in [0.5, 0.6) is 11.5 Å². The van der Waals surface area contributed by atoms with Gasteiger partial charge in [-0.2, -0.15) is 0 Å². The zero-order valence-electron chi connectivity index (χ0n) is 14.9. The summed E-state index contributed by atoms with van der Waals surface area (Å²) in [6.07, 6.45) is -0.0746. The number of nitrogens with zero attached hydrogens (tertiary/aromatic N) is 2. The highest BCUT2D eigenvalue weighted by Crippen LogP contribution is 2.31. The average molecular weight is 347 g/mol. The number of amides is 3. The maximum atomic E-state index is 12.2. The maximum absolute atomic E-state index is 12.2. The predicted octanol–water partition coefficient (Wildman–Crippen LogP) is 1.48. The SMILES string of the molecule is CCN(CCN1C(=O)NC(C)(C)C1=O)C[C@@H]1COc2ccccc2O1. The van der Waals surface area contributed by atoms with Gasteiger partial charge in [0.15, 0.2) is 11.5 Å². The lowest BCUT2D eigenvalue weighted by molar-refractivity contribution is -0.130. The molecule has 3 amide bonds. The van der Waals surface area contributed by atoms with E-state index in [0.29, 0.717) is 26.2 Å². The molecule has 1 N–H and O–H groups in total. The first-order chi connectivity index (χ1) is 11.9. The Morgan fingerprint density at radius 3 is 2.64 bits per heavy atom. The predicted molar refractivity (Wildman–Crippen MR) is 92.8 cm³/mol. The molecule has 25 heavy (non-hydrogen) atoms. The van der Waals surface area contributed by atoms with Crippen molar-refractivity contribution in [1.82, 2.24) is 15.1 Å². The Morgan fingerprint density at radius 2 is 2.00 bits per heavy atom. The number of hydrogen-bond acceptors (Lipinski definition) is 5. The lowest BCUT2D eigenvalue weighted by atomic mass is 10.1. The largest absolute Gasteiger partial charge is 0.486 e. The molecule has 0 bridgehead atoms. The van der Waals surface area contributed by atoms with Gasteiger partial charge in [-0.15, -0.1) is 0 Å². The van der Waals surface area contributed by atoms with Gasteiger partial charge >= 0.3 is 6.03 Å². The Balaban J connectivity index is 1.54. The molecule has 2 heterocycles. The van der Waals surface area contributed by atoms with Crippen molar-refractivity contribution < 1.29 is 19.1 Å². The summed E-state index contributed by atoms with van der Waals surface area (Å²) in [4.78, 5) is 27.7. The second-order valence-electron chi connectivity index (χ2n) is 6.90. The molecule has 7 heteroatoms. The van der Waals surface area contributed by atoms with Crippen LogP contribution < -0.4 is 14.8 Å². The third kappa shape index (κ3) is 3.71. The molecule has 136 valence electrons. The fourth-order valence-corrected chi connectivity index (χ4v) is 3.08. The van der Waals surface area contributed by atoms with Gasteiger partial charge in [-0.3, -0.25) is 14.6 Å². The topological polar surface area (TPSA) is 71.1 Å². The van der Waals surface area contributed by atoms with E-state index in [2.05, 4.69) is 10.2 Å². The standard InChI is InChI=1S/C18H25N3O4/c1-4-20(9-10-21-16(22)18(2,3)19-17(21)23)11-13-12-24-14-7-5-6-8-15(14)25-13/h5-8,13H,4,9-12H2,1-3H3,(H,19,23)/t13-/m1/s1. The van der Waals surface area contributed by atoms with Gasteiger partial charge < -0.3 is 14.8 Å². The molecule has 1 aromatic rings. The first-order valence-electron chi connectivity index (χ1n) is 8.65. The summed E-state index contributed by atoms with van der Waals surface area (Å²) in [5.41, 5.74) is -0.821. The van der Waals surface area contributed by atoms with Gasteiger partial charge in [0.05, 0.1) is 0 Å². The lowest BCUT2D eigenvalue weighted by Crippen LogP contribution is -2.45. The summed E-state index contributed by atoms with van der Waals surface area (Å²) in [7, 11) is 0. The van der Waals surface area contributed by atoms with Crippen LogP contribution in [0, 0.1) is 0 Å². The summed E-state index contributed by atoms with van der Waals surface area (Å²) >= 11 is 0. The molecule has 0 radical (unpaired) electrons. The number of nitrogens with one attached hydrogen (secondary N) is 1. The number of fused-ring (bicyclic) bond motifs is 1. The van der Waals surface area contributed by atoms with Crippen molar-refractivity contribution in [3.8, 4) is 11.5 Å². The minimum atomic E-state index is -0.821. The smallest absolute Gasteiger partial charge is 0.325 e. The average Bonchev–Trinajstić information content (AvgIpc) is 2.79. The van der Waals surface area contributed by atoms with Crippen molar-refractivity contribution in [2.45, 2.75) is 32.4 Å². The molecular weight excluding hydrogens is 322 g/mol. The van der Waals surface area contributed by atoms with E-state index in [4.69, 9.17) is 9.47 Å². The Kier molecular flexibility index (Phi) is 4.85. The molecule has 0 aromatic heterocycles. The Bertz CT molecular complexity index is 661. The van der Waals surface area contributed by atoms with Crippen LogP contribution >= 0.6 is 0 Å². The molecule has 0 aliphatic carbocycles. The first kappa shape index (κ1) is 17.5. The fourth-order valence-electron chi connectivity index (χ4n) is 3.08. The maximum Gasteiger partial charge on any atom is 0.325 e. The van der Waals surface area contributed by atoms with E-state index in [-0.39, 0.29) is 18.0 Å². The number of carbonyl (C=O) groups is 2. The molecule has 0 unspecified atom stereocenters. The van der Waals surface area contributed by atoms with Crippen LogP contribution in [-0.4, -0.2) is 66.2 Å². The number of imide groups is 1. The quantitative estimate of drug-likeness (QED) is 0.789. The molecule has 0 spiro atoms. The van der Waals surface area contributed by atoms with Gasteiger partial charge in [0.1, 0.15) is 18.2 Å². The third-order valence-electron chi connectivity index (χ3n) is 4.56. The zero-order chi connectivity index (χ0) is 18.0. The number of urea groups is 1. The Labute approximate surface area is 147 Å². The van der Waals surface area contributed by atoms with Gasteiger partial charge in [-0.25, -0.2) is 4.79 Å². The fraction of sp³-hybridized carbons (Fsp3) is 0.556. The number of para-hydroxylation sites is 2. The van der Waals surface area contributed by atoms with Crippen molar-refractivity contribution in [2.75, 3.05) is 32.8 Å². The second-order valence-corrected chi connectivity index (χ2v) is 6.90. The molecule has 3 rings (SSSR count). The minimum Gasteiger partial charge on any atom is -0.486 e. The summed E-state index contributed by atoms with van der Waals surface area (Å²) in [5, 5.41) is 2.70. The molecule has 1 atom stereocenters. The van der Waals surface area contributed by atoms with Crippen molar-refractivity contribution in [1.29, 1.82) is 0 Å². The summed E-state index contributed by atoms with van der Waals surface area (Å²) < 4.78 is 11.7. The van der Waals surface area contributed by atoms with Crippen LogP contribution in [0.4, 0.5) is 4.79 Å². The van der Waals surface area contributed by atoms with Crippen LogP contribution in [-0.2, 0) is 4.79 Å². The second kappa shape index (κ2) is 6.92. The van der Waals surface area contributed by atoms with Crippen LogP contribution in [0.1, 0.15) is 20.8 Å². The van der Waals surface area contributed by atoms with E-state index >= 15 is 0 Å². The highest BCUT2D eigenvalue weighted by Gasteiger charge is 2.44. The molecule has 0 saturated carbocycles. The third-order valence-corrected chi connectivity index (χ3v) is 4.56. The van der Waals surface area contributed by atoms with Gasteiger partial charge in [0, 0.05) is 19.6 Å². The van der Waals surface area contributed by atoms with Crippen molar-refractivity contribution >= 4 is 11.9 Å². The summed E-state index contributed by atoms with van der Waals surface area (Å²) in [5.74, 6) is 1.34. The molecule has 2 aliphatic heterocycles. The molecule has 1 aromatic carbocycles. The van der Waals surface area contributed by atoms with E-state index in [0.717, 1.165) is 18.0 Å². The minimum absolute atomic E-state index is 0.0746. The van der Waals surface area contributed by atoms with Crippen LogP contribution in [0.15, 0.2) is 24.3 Å². The van der Waals surface area contributed by atoms with Crippen molar-refractivity contribution in [3.05, 3.63) is 24.3 Å². The lowest BCUT2D eigenvalue weighted by Gasteiger charge is -2.31. The van der Waals surface area contributed by atoms with E-state index in [1.807, 2.05) is 31.2 Å². The normalized spacial score (nSPS) is 21.6. The highest BCUT2D eigenvalue weighted by atomic mass is 16.6. The van der Waals surface area contributed by atoms with Gasteiger partial charge in [0.2, 0.25) is 0 Å². The molecule has 1 fully saturated rings. The summed E-state index contributed by atoms with van der Waals surface area (Å²) in [6.45, 7) is 8.42. The monoisotopic (exact) mass is 347 g/mol. The number of rotatable bonds is 6. The molecular formula is C18H25N3O4. The zero-order valence-corrected chi connectivity index (χ0v) is 14.9. The first-order valence-corrected chi connectivity index (χ1v) is 8.65. The van der Waals surface area contributed by atoms with Gasteiger partial charge in [0.25, 0.3) is 5.91 Å². The van der Waals surface area contributed by atoms with E-state index in [1.54, 1.807) is 13.8 Å². The number of likely N-dealkylation sites (N-methyl/N-ethyl adjacent to an activating group) is 1. The van der Waals surface area contributed by atoms with E-state index < -0.39 is 5.54 Å². The molecule has 2 aliphatic rings. The van der Waals surface area contributed by atoms with Gasteiger partial charge in [-0.1, -0.05) is 19.1 Å². The number of ether oxygens (including phenoxy) is 2. The van der Waals surface area contributed by atoms with E-state index in [9.17, 15) is 9.59 Å². The molecule has 7 nitrogen and oxygen atoms in total. The highest BCUT2D eigenvalue weighted by molar-refractivity contribution is 6.06. The number of hydrogen-bond donors (Lipinski definition) is 1.